The molecule has 0 fully saturated rings. The molecule has 3 rings (SSSR count). The SMILES string of the molecule is COc1ccnc(C(=O)Nc2ccc(C(=O)Oc3ccc(C(F)(F)F)cc3)cc2)c1OC(C)=O. The summed E-state index contributed by atoms with van der Waals surface area (Å²) in [5.74, 6) is -2.24. The first kappa shape index (κ1) is 24.2. The zero-order chi connectivity index (χ0) is 24.9. The monoisotopic (exact) mass is 474 g/mol. The quantitative estimate of drug-likeness (QED) is 0.414. The van der Waals surface area contributed by atoms with Crippen molar-refractivity contribution in [3.8, 4) is 17.2 Å². The predicted molar refractivity (Wildman–Crippen MR) is 113 cm³/mol. The number of esters is 2. The standard InChI is InChI=1S/C23H17F3N2O6/c1-13(29)33-20-18(32-2)11-12-27-19(20)21(30)28-16-7-3-14(4-8-16)22(31)34-17-9-5-15(6-10-17)23(24,25)26/h3-12H,1-2H3,(H,28,30). The maximum absolute atomic E-state index is 12.7. The molecule has 8 nitrogen and oxygen atoms in total. The molecule has 0 aliphatic carbocycles. The number of halogens is 3. The van der Waals surface area contributed by atoms with Crippen molar-refractivity contribution < 1.29 is 41.8 Å². The van der Waals surface area contributed by atoms with Crippen molar-refractivity contribution >= 4 is 23.5 Å². The summed E-state index contributed by atoms with van der Waals surface area (Å²) in [6, 6.07) is 10.6. The van der Waals surface area contributed by atoms with E-state index in [1.807, 2.05) is 0 Å². The van der Waals surface area contributed by atoms with Crippen LogP contribution >= 0.6 is 0 Å². The fraction of sp³-hybridized carbons (Fsp3) is 0.130. The molecule has 3 aromatic rings. The smallest absolute Gasteiger partial charge is 0.416 e. The first-order chi connectivity index (χ1) is 16.1. The Morgan fingerprint density at radius 3 is 2.12 bits per heavy atom. The summed E-state index contributed by atoms with van der Waals surface area (Å²) in [6.07, 6.45) is -3.19. The van der Waals surface area contributed by atoms with E-state index in [2.05, 4.69) is 10.3 Å². The van der Waals surface area contributed by atoms with E-state index >= 15 is 0 Å². The number of benzene rings is 2. The molecule has 176 valence electrons. The van der Waals surface area contributed by atoms with Crippen LogP contribution in [0.2, 0.25) is 0 Å². The van der Waals surface area contributed by atoms with E-state index in [9.17, 15) is 27.6 Å². The third kappa shape index (κ3) is 5.88. The Kier molecular flexibility index (Phi) is 7.15. The number of methoxy groups -OCH3 is 1. The largest absolute Gasteiger partial charge is 0.493 e. The number of alkyl halides is 3. The number of hydrogen-bond acceptors (Lipinski definition) is 7. The lowest BCUT2D eigenvalue weighted by Gasteiger charge is -2.12. The van der Waals surface area contributed by atoms with E-state index in [0.717, 1.165) is 31.2 Å². The normalized spacial score (nSPS) is 10.9. The molecule has 0 atom stereocenters. The highest BCUT2D eigenvalue weighted by atomic mass is 19.4. The van der Waals surface area contributed by atoms with Gasteiger partial charge in [0.1, 0.15) is 5.75 Å². The Morgan fingerprint density at radius 2 is 1.56 bits per heavy atom. The van der Waals surface area contributed by atoms with Crippen LogP contribution in [0.5, 0.6) is 17.2 Å². The number of ether oxygens (including phenoxy) is 3. The van der Waals surface area contributed by atoms with E-state index in [4.69, 9.17) is 14.2 Å². The lowest BCUT2D eigenvalue weighted by Crippen LogP contribution is -2.17. The number of aromatic nitrogens is 1. The van der Waals surface area contributed by atoms with Crippen molar-refractivity contribution in [3.05, 3.63) is 77.6 Å². The summed E-state index contributed by atoms with van der Waals surface area (Å²) >= 11 is 0. The third-order valence-electron chi connectivity index (χ3n) is 4.32. The van der Waals surface area contributed by atoms with Crippen LogP contribution in [0.4, 0.5) is 18.9 Å². The molecule has 0 saturated heterocycles. The molecular weight excluding hydrogens is 457 g/mol. The first-order valence-electron chi connectivity index (χ1n) is 9.60. The molecule has 1 heterocycles. The molecule has 1 N–H and O–H groups in total. The molecule has 0 saturated carbocycles. The van der Waals surface area contributed by atoms with Gasteiger partial charge in [0.05, 0.1) is 18.2 Å². The fourth-order valence-corrected chi connectivity index (χ4v) is 2.75. The minimum absolute atomic E-state index is 0.0579. The van der Waals surface area contributed by atoms with Crippen LogP contribution < -0.4 is 19.5 Å². The second-order valence-electron chi connectivity index (χ2n) is 6.73. The van der Waals surface area contributed by atoms with Gasteiger partial charge >= 0.3 is 18.1 Å². The Labute approximate surface area is 191 Å². The predicted octanol–water partition coefficient (Wildman–Crippen LogP) is 4.51. The van der Waals surface area contributed by atoms with Crippen molar-refractivity contribution in [2.75, 3.05) is 12.4 Å². The second kappa shape index (κ2) is 10.0. The second-order valence-corrected chi connectivity index (χ2v) is 6.73. The Bertz CT molecular complexity index is 1210. The van der Waals surface area contributed by atoms with Crippen LogP contribution in [-0.2, 0) is 11.0 Å². The Morgan fingerprint density at radius 1 is 0.912 bits per heavy atom. The number of rotatable bonds is 6. The molecule has 34 heavy (non-hydrogen) atoms. The van der Waals surface area contributed by atoms with Gasteiger partial charge in [0, 0.05) is 24.9 Å². The fourth-order valence-electron chi connectivity index (χ4n) is 2.75. The summed E-state index contributed by atoms with van der Waals surface area (Å²) in [4.78, 5) is 40.2. The minimum Gasteiger partial charge on any atom is -0.493 e. The average Bonchev–Trinajstić information content (AvgIpc) is 2.79. The summed E-state index contributed by atoms with van der Waals surface area (Å²) < 4.78 is 53.1. The lowest BCUT2D eigenvalue weighted by atomic mass is 10.2. The number of anilines is 1. The van der Waals surface area contributed by atoms with Gasteiger partial charge in [-0.25, -0.2) is 9.78 Å². The molecular formula is C23H17F3N2O6. The van der Waals surface area contributed by atoms with Crippen molar-refractivity contribution in [1.82, 2.24) is 4.98 Å². The van der Waals surface area contributed by atoms with Crippen LogP contribution in [0.1, 0.15) is 33.3 Å². The van der Waals surface area contributed by atoms with Gasteiger partial charge in [-0.15, -0.1) is 0 Å². The summed E-state index contributed by atoms with van der Waals surface area (Å²) in [5, 5.41) is 2.55. The van der Waals surface area contributed by atoms with Gasteiger partial charge in [-0.2, -0.15) is 13.2 Å². The van der Waals surface area contributed by atoms with E-state index in [0.29, 0.717) is 0 Å². The molecule has 0 bridgehead atoms. The molecule has 0 aliphatic heterocycles. The number of amides is 1. The molecule has 1 aromatic heterocycles. The van der Waals surface area contributed by atoms with Crippen molar-refractivity contribution in [2.45, 2.75) is 13.1 Å². The number of carbonyl (C=O) groups excluding carboxylic acids is 3. The van der Waals surface area contributed by atoms with E-state index < -0.39 is 29.6 Å². The Balaban J connectivity index is 1.70. The maximum atomic E-state index is 12.7. The van der Waals surface area contributed by atoms with Gasteiger partial charge in [0.25, 0.3) is 5.91 Å². The van der Waals surface area contributed by atoms with Crippen LogP contribution in [0.3, 0.4) is 0 Å². The first-order valence-corrected chi connectivity index (χ1v) is 9.60. The lowest BCUT2D eigenvalue weighted by molar-refractivity contribution is -0.137. The number of carbonyl (C=O) groups is 3. The van der Waals surface area contributed by atoms with Gasteiger partial charge in [-0.05, 0) is 48.5 Å². The molecule has 11 heteroatoms. The summed E-state index contributed by atoms with van der Waals surface area (Å²) in [5.41, 5.74) is -0.678. The van der Waals surface area contributed by atoms with Crippen LogP contribution in [0.15, 0.2) is 60.8 Å². The minimum atomic E-state index is -4.50. The van der Waals surface area contributed by atoms with Crippen LogP contribution in [0.25, 0.3) is 0 Å². The van der Waals surface area contributed by atoms with Gasteiger partial charge in [-0.1, -0.05) is 0 Å². The van der Waals surface area contributed by atoms with Gasteiger partial charge in [0.15, 0.2) is 11.4 Å². The number of hydrogen-bond donors (Lipinski definition) is 1. The number of nitrogens with zero attached hydrogens (tertiary/aromatic N) is 1. The molecule has 2 aromatic carbocycles. The zero-order valence-electron chi connectivity index (χ0n) is 17.8. The highest BCUT2D eigenvalue weighted by Gasteiger charge is 2.30. The Hall–Kier alpha value is -4.41. The van der Waals surface area contributed by atoms with Gasteiger partial charge in [-0.3, -0.25) is 9.59 Å². The zero-order valence-corrected chi connectivity index (χ0v) is 17.8. The maximum Gasteiger partial charge on any atom is 0.416 e. The average molecular weight is 474 g/mol. The molecule has 0 spiro atoms. The molecule has 0 radical (unpaired) electrons. The highest BCUT2D eigenvalue weighted by Crippen LogP contribution is 2.31. The van der Waals surface area contributed by atoms with E-state index in [-0.39, 0.29) is 34.2 Å². The summed E-state index contributed by atoms with van der Waals surface area (Å²) in [6.45, 7) is 1.16. The van der Waals surface area contributed by atoms with Gasteiger partial charge < -0.3 is 19.5 Å². The third-order valence-corrected chi connectivity index (χ3v) is 4.32. The summed E-state index contributed by atoms with van der Waals surface area (Å²) in [7, 11) is 1.34. The van der Waals surface area contributed by atoms with E-state index in [1.165, 1.54) is 43.6 Å². The van der Waals surface area contributed by atoms with Crippen molar-refractivity contribution in [1.29, 1.82) is 0 Å². The van der Waals surface area contributed by atoms with Crippen LogP contribution in [0, 0.1) is 0 Å². The molecule has 0 aliphatic rings. The molecule has 0 unspecified atom stereocenters. The number of pyridine rings is 1. The van der Waals surface area contributed by atoms with E-state index in [1.54, 1.807) is 0 Å². The molecule has 1 amide bonds. The number of nitrogens with one attached hydrogen (secondary N) is 1. The topological polar surface area (TPSA) is 104 Å². The highest BCUT2D eigenvalue weighted by molar-refractivity contribution is 6.05. The van der Waals surface area contributed by atoms with Crippen molar-refractivity contribution in [3.63, 3.8) is 0 Å². The van der Waals surface area contributed by atoms with Crippen molar-refractivity contribution in [2.24, 2.45) is 0 Å². The van der Waals surface area contributed by atoms with Crippen LogP contribution in [-0.4, -0.2) is 29.9 Å². The van der Waals surface area contributed by atoms with Gasteiger partial charge in [0.2, 0.25) is 5.75 Å².